The van der Waals surface area contributed by atoms with Crippen LogP contribution in [-0.2, 0) is 19.9 Å². The quantitative estimate of drug-likeness (QED) is 0.566. The van der Waals surface area contributed by atoms with Gasteiger partial charge in [-0.2, -0.15) is 5.10 Å². The first-order chi connectivity index (χ1) is 12.8. The van der Waals surface area contributed by atoms with E-state index in [9.17, 15) is 9.59 Å². The molecule has 1 aliphatic rings. The number of nitrogens with one attached hydrogen (secondary N) is 4. The van der Waals surface area contributed by atoms with Gasteiger partial charge in [0.25, 0.3) is 11.8 Å². The van der Waals surface area contributed by atoms with E-state index in [-0.39, 0.29) is 11.8 Å². The Morgan fingerprint density at radius 3 is 2.74 bits per heavy atom. The number of carbonyl (C=O) groups is 2. The highest BCUT2D eigenvalue weighted by atomic mass is 32.1. The number of aryl methyl sites for hydroxylation is 1. The third-order valence-corrected chi connectivity index (χ3v) is 5.13. The number of aromatic nitrogens is 4. The van der Waals surface area contributed by atoms with Gasteiger partial charge in [-0.25, -0.2) is 0 Å². The molecule has 8 nitrogen and oxygen atoms in total. The van der Waals surface area contributed by atoms with Crippen molar-refractivity contribution in [1.82, 2.24) is 30.4 Å². The van der Waals surface area contributed by atoms with Gasteiger partial charge in [0, 0.05) is 36.6 Å². The van der Waals surface area contributed by atoms with Crippen molar-refractivity contribution in [3.05, 3.63) is 33.6 Å². The maximum atomic E-state index is 12.8. The fourth-order valence-electron chi connectivity index (χ4n) is 3.42. The van der Waals surface area contributed by atoms with Crippen molar-refractivity contribution < 1.29 is 9.59 Å². The number of fused-ring (bicyclic) bond motifs is 1. The van der Waals surface area contributed by atoms with Crippen LogP contribution in [0, 0.1) is 4.77 Å². The zero-order valence-electron chi connectivity index (χ0n) is 15.9. The number of carbonyl (C=O) groups excluding carboxylic acids is 2. The van der Waals surface area contributed by atoms with Crippen molar-refractivity contribution in [2.75, 3.05) is 6.54 Å². The van der Waals surface area contributed by atoms with Gasteiger partial charge in [-0.1, -0.05) is 0 Å². The Kier molecular flexibility index (Phi) is 5.50. The van der Waals surface area contributed by atoms with Crippen LogP contribution in [-0.4, -0.2) is 43.6 Å². The molecule has 0 saturated carbocycles. The number of amides is 2. The maximum absolute atomic E-state index is 12.8. The molecule has 9 heteroatoms. The van der Waals surface area contributed by atoms with Gasteiger partial charge in [-0.15, -0.1) is 0 Å². The molecule has 4 N–H and O–H groups in total. The molecule has 0 bridgehead atoms. The van der Waals surface area contributed by atoms with Crippen molar-refractivity contribution >= 4 is 24.0 Å². The number of rotatable bonds is 6. The highest BCUT2D eigenvalue weighted by molar-refractivity contribution is 7.71. The lowest BCUT2D eigenvalue weighted by molar-refractivity contribution is 0.0900. The molecule has 146 valence electrons. The van der Waals surface area contributed by atoms with Gasteiger partial charge >= 0.3 is 0 Å². The van der Waals surface area contributed by atoms with E-state index in [1.54, 1.807) is 0 Å². The van der Waals surface area contributed by atoms with Crippen LogP contribution < -0.4 is 10.6 Å². The molecule has 1 aliphatic carbocycles. The first kappa shape index (κ1) is 19.3. The molecular weight excluding hydrogens is 364 g/mol. The Labute approximate surface area is 163 Å². The summed E-state index contributed by atoms with van der Waals surface area (Å²) in [5.41, 5.74) is 2.69. The normalized spacial score (nSPS) is 13.9. The van der Waals surface area contributed by atoms with E-state index in [1.807, 2.05) is 25.6 Å². The van der Waals surface area contributed by atoms with E-state index < -0.39 is 5.54 Å². The summed E-state index contributed by atoms with van der Waals surface area (Å²) in [5.74, 6) is -0.386. The number of nitrogens with zero attached hydrogens (tertiary/aromatic N) is 2. The Hall–Kier alpha value is -2.42. The minimum Gasteiger partial charge on any atom is -0.351 e. The van der Waals surface area contributed by atoms with E-state index in [1.165, 1.54) is 11.9 Å². The van der Waals surface area contributed by atoms with Crippen LogP contribution in [0.15, 0.2) is 6.20 Å². The fourth-order valence-corrected chi connectivity index (χ4v) is 3.59. The van der Waals surface area contributed by atoms with Crippen molar-refractivity contribution in [3.8, 4) is 0 Å². The Bertz CT molecular complexity index is 907. The molecular formula is C18H26N6O2S. The lowest BCUT2D eigenvalue weighted by Gasteiger charge is -2.26. The zero-order chi connectivity index (χ0) is 19.6. The summed E-state index contributed by atoms with van der Waals surface area (Å²) in [6, 6.07) is 0. The van der Waals surface area contributed by atoms with E-state index >= 15 is 0 Å². The standard InChI is InChI=1S/C18H26N6O2S/c1-18(2,8-9-19-15(25)12-10-20-17(27)21-12)22-16(26)14-11-6-4-5-7-13(11)24(3)23-14/h10H,4-9H2,1-3H3,(H,19,25)(H,22,26)(H2,20,21,27). The van der Waals surface area contributed by atoms with E-state index in [0.29, 0.717) is 29.1 Å². The summed E-state index contributed by atoms with van der Waals surface area (Å²) in [6.45, 7) is 4.31. The highest BCUT2D eigenvalue weighted by Crippen LogP contribution is 2.24. The zero-order valence-corrected chi connectivity index (χ0v) is 16.8. The van der Waals surface area contributed by atoms with Crippen molar-refractivity contribution in [2.45, 2.75) is 51.5 Å². The lowest BCUT2D eigenvalue weighted by atomic mass is 9.94. The summed E-state index contributed by atoms with van der Waals surface area (Å²) in [7, 11) is 1.90. The Morgan fingerprint density at radius 2 is 2.04 bits per heavy atom. The fraction of sp³-hybridized carbons (Fsp3) is 0.556. The Morgan fingerprint density at radius 1 is 1.30 bits per heavy atom. The van der Waals surface area contributed by atoms with Crippen LogP contribution in [0.25, 0.3) is 0 Å². The number of imidazole rings is 1. The molecule has 0 unspecified atom stereocenters. The average molecular weight is 391 g/mol. The minimum atomic E-state index is -0.478. The molecule has 2 aromatic rings. The SMILES string of the molecule is Cn1nc(C(=O)NC(C)(C)CCNC(=O)c2c[nH]c(=S)[nH]2)c2c1CCCC2. The molecule has 0 fully saturated rings. The van der Waals surface area contributed by atoms with Crippen molar-refractivity contribution in [2.24, 2.45) is 7.05 Å². The van der Waals surface area contributed by atoms with Gasteiger partial charge in [0.2, 0.25) is 0 Å². The van der Waals surface area contributed by atoms with Crippen LogP contribution in [0.5, 0.6) is 0 Å². The molecule has 0 saturated heterocycles. The molecule has 2 amide bonds. The molecule has 27 heavy (non-hydrogen) atoms. The number of hydrogen-bond donors (Lipinski definition) is 4. The highest BCUT2D eigenvalue weighted by Gasteiger charge is 2.27. The monoisotopic (exact) mass is 390 g/mol. The lowest BCUT2D eigenvalue weighted by Crippen LogP contribution is -2.46. The molecule has 0 aliphatic heterocycles. The van der Waals surface area contributed by atoms with Crippen LogP contribution in [0.4, 0.5) is 0 Å². The molecule has 3 rings (SSSR count). The molecule has 0 aromatic carbocycles. The number of H-pyrrole nitrogens is 2. The molecule has 0 spiro atoms. The molecule has 0 radical (unpaired) electrons. The predicted molar refractivity (Wildman–Crippen MR) is 104 cm³/mol. The first-order valence-corrected chi connectivity index (χ1v) is 9.61. The Balaban J connectivity index is 1.57. The molecule has 0 atom stereocenters. The summed E-state index contributed by atoms with van der Waals surface area (Å²) >= 11 is 4.92. The second kappa shape index (κ2) is 7.67. The van der Waals surface area contributed by atoms with Gasteiger partial charge in [0.15, 0.2) is 10.5 Å². The topological polar surface area (TPSA) is 108 Å². The van der Waals surface area contributed by atoms with Gasteiger partial charge in [-0.05, 0) is 58.2 Å². The number of hydrogen-bond acceptors (Lipinski definition) is 4. The maximum Gasteiger partial charge on any atom is 0.272 e. The van der Waals surface area contributed by atoms with Gasteiger partial charge < -0.3 is 20.6 Å². The third-order valence-electron chi connectivity index (χ3n) is 4.91. The van der Waals surface area contributed by atoms with Crippen molar-refractivity contribution in [3.63, 3.8) is 0 Å². The van der Waals surface area contributed by atoms with Crippen LogP contribution in [0.1, 0.15) is 65.3 Å². The molecule has 2 aromatic heterocycles. The van der Waals surface area contributed by atoms with E-state index in [2.05, 4.69) is 25.7 Å². The summed E-state index contributed by atoms with van der Waals surface area (Å²) in [4.78, 5) is 30.3. The van der Waals surface area contributed by atoms with Crippen LogP contribution >= 0.6 is 12.2 Å². The summed E-state index contributed by atoms with van der Waals surface area (Å²) in [6.07, 6.45) is 6.24. The average Bonchev–Trinajstić information content (AvgIpc) is 3.18. The minimum absolute atomic E-state index is 0.153. The largest absolute Gasteiger partial charge is 0.351 e. The second-order valence-corrected chi connectivity index (χ2v) is 8.01. The number of aromatic amines is 2. The van der Waals surface area contributed by atoms with Crippen LogP contribution in [0.3, 0.4) is 0 Å². The van der Waals surface area contributed by atoms with Crippen molar-refractivity contribution in [1.29, 1.82) is 0 Å². The summed E-state index contributed by atoms with van der Waals surface area (Å²) in [5, 5.41) is 10.3. The first-order valence-electron chi connectivity index (χ1n) is 9.20. The smallest absolute Gasteiger partial charge is 0.272 e. The van der Waals surface area contributed by atoms with E-state index in [0.717, 1.165) is 31.2 Å². The molecule has 2 heterocycles. The van der Waals surface area contributed by atoms with Gasteiger partial charge in [-0.3, -0.25) is 14.3 Å². The van der Waals surface area contributed by atoms with E-state index in [4.69, 9.17) is 12.2 Å². The van der Waals surface area contributed by atoms with Crippen LogP contribution in [0.2, 0.25) is 0 Å². The third kappa shape index (κ3) is 4.47. The van der Waals surface area contributed by atoms with Gasteiger partial charge in [0.1, 0.15) is 5.69 Å². The predicted octanol–water partition coefficient (Wildman–Crippen LogP) is 2.01. The van der Waals surface area contributed by atoms with Gasteiger partial charge in [0.05, 0.1) is 0 Å². The summed E-state index contributed by atoms with van der Waals surface area (Å²) < 4.78 is 2.24. The second-order valence-electron chi connectivity index (χ2n) is 7.60.